The van der Waals surface area contributed by atoms with E-state index >= 15 is 0 Å². The van der Waals surface area contributed by atoms with Gasteiger partial charge >= 0.3 is 0 Å². The lowest BCUT2D eigenvalue weighted by molar-refractivity contribution is 0.0991. The van der Waals surface area contributed by atoms with Crippen LogP contribution in [0.25, 0.3) is 0 Å². The summed E-state index contributed by atoms with van der Waals surface area (Å²) >= 11 is 0. The predicted octanol–water partition coefficient (Wildman–Crippen LogP) is 3.58. The molecule has 2 aliphatic rings. The van der Waals surface area contributed by atoms with E-state index in [2.05, 4.69) is 45.1 Å². The van der Waals surface area contributed by atoms with Crippen LogP contribution in [0.3, 0.4) is 0 Å². The van der Waals surface area contributed by atoms with Gasteiger partial charge in [-0.15, -0.1) is 0 Å². The van der Waals surface area contributed by atoms with Crippen molar-refractivity contribution in [3.05, 3.63) is 54.2 Å². The van der Waals surface area contributed by atoms with E-state index in [1.165, 1.54) is 37.9 Å². The maximum absolute atomic E-state index is 5.37. The second-order valence-electron chi connectivity index (χ2n) is 7.53. The van der Waals surface area contributed by atoms with E-state index in [0.29, 0.717) is 5.41 Å². The number of benzene rings is 1. The van der Waals surface area contributed by atoms with Gasteiger partial charge in [-0.2, -0.15) is 0 Å². The van der Waals surface area contributed by atoms with Gasteiger partial charge in [0.05, 0.1) is 7.11 Å². The van der Waals surface area contributed by atoms with E-state index in [-0.39, 0.29) is 0 Å². The molecule has 1 aromatic heterocycles. The number of methoxy groups -OCH3 is 1. The molecule has 4 rings (SSSR count). The number of nitrogens with zero attached hydrogens (tertiary/aromatic N) is 3. The number of ether oxygens (including phenoxy) is 1. The second-order valence-corrected chi connectivity index (χ2v) is 7.53. The Labute approximate surface area is 150 Å². The van der Waals surface area contributed by atoms with Crippen LogP contribution in [0, 0.1) is 5.41 Å². The topological polar surface area (TPSA) is 28.6 Å². The first kappa shape index (κ1) is 16.4. The van der Waals surface area contributed by atoms with Crippen LogP contribution < -0.4 is 9.64 Å². The van der Waals surface area contributed by atoms with Gasteiger partial charge in [0.1, 0.15) is 11.6 Å². The van der Waals surface area contributed by atoms with Crippen LogP contribution in [0.1, 0.15) is 24.8 Å². The molecule has 0 N–H and O–H groups in total. The number of hydrogen-bond acceptors (Lipinski definition) is 4. The molecule has 4 heteroatoms. The van der Waals surface area contributed by atoms with Crippen LogP contribution in [0.2, 0.25) is 0 Å². The Hall–Kier alpha value is -2.07. The summed E-state index contributed by atoms with van der Waals surface area (Å²) < 4.78 is 5.37. The summed E-state index contributed by atoms with van der Waals surface area (Å²) in [5, 5.41) is 0. The molecule has 0 radical (unpaired) electrons. The zero-order chi connectivity index (χ0) is 17.1. The van der Waals surface area contributed by atoms with Crippen LogP contribution in [-0.2, 0) is 6.54 Å². The van der Waals surface area contributed by atoms with Crippen LogP contribution in [0.4, 0.5) is 5.82 Å². The predicted molar refractivity (Wildman–Crippen MR) is 101 cm³/mol. The van der Waals surface area contributed by atoms with Gasteiger partial charge in [0.15, 0.2) is 0 Å². The average molecular weight is 337 g/mol. The Kier molecular flexibility index (Phi) is 4.62. The Morgan fingerprint density at radius 2 is 2.04 bits per heavy atom. The van der Waals surface area contributed by atoms with Crippen molar-refractivity contribution < 1.29 is 4.74 Å². The highest BCUT2D eigenvalue weighted by atomic mass is 16.5. The molecule has 2 saturated heterocycles. The Morgan fingerprint density at radius 1 is 1.08 bits per heavy atom. The summed E-state index contributed by atoms with van der Waals surface area (Å²) in [5.74, 6) is 2.08. The van der Waals surface area contributed by atoms with Crippen molar-refractivity contribution in [2.24, 2.45) is 5.41 Å². The summed E-state index contributed by atoms with van der Waals surface area (Å²) in [6.07, 6.45) is 5.81. The van der Waals surface area contributed by atoms with E-state index < -0.39 is 0 Å². The third kappa shape index (κ3) is 3.64. The molecule has 0 bridgehead atoms. The molecule has 0 unspecified atom stereocenters. The van der Waals surface area contributed by atoms with Crippen molar-refractivity contribution in [1.29, 1.82) is 0 Å². The zero-order valence-electron chi connectivity index (χ0n) is 15.0. The third-order valence-electron chi connectivity index (χ3n) is 5.69. The maximum Gasteiger partial charge on any atom is 0.128 e. The van der Waals surface area contributed by atoms with Gasteiger partial charge in [-0.3, -0.25) is 4.90 Å². The molecule has 0 amide bonds. The van der Waals surface area contributed by atoms with Crippen LogP contribution in [-0.4, -0.2) is 43.2 Å². The van der Waals surface area contributed by atoms with Gasteiger partial charge in [0.25, 0.3) is 0 Å². The molecule has 2 aliphatic heterocycles. The fourth-order valence-corrected chi connectivity index (χ4v) is 4.48. The first-order chi connectivity index (χ1) is 12.3. The number of aromatic nitrogens is 1. The van der Waals surface area contributed by atoms with Gasteiger partial charge in [0.2, 0.25) is 0 Å². The van der Waals surface area contributed by atoms with Crippen LogP contribution in [0.15, 0.2) is 48.7 Å². The second kappa shape index (κ2) is 7.04. The molecule has 1 aromatic carbocycles. The smallest absolute Gasteiger partial charge is 0.128 e. The molecule has 2 aromatic rings. The highest BCUT2D eigenvalue weighted by Gasteiger charge is 2.41. The largest absolute Gasteiger partial charge is 0.497 e. The molecule has 1 spiro atoms. The summed E-state index contributed by atoms with van der Waals surface area (Å²) in [4.78, 5) is 9.64. The summed E-state index contributed by atoms with van der Waals surface area (Å²) in [7, 11) is 1.74. The van der Waals surface area contributed by atoms with Gasteiger partial charge in [-0.05, 0) is 55.6 Å². The Bertz CT molecular complexity index is 705. The quantitative estimate of drug-likeness (QED) is 0.852. The molecule has 2 fully saturated rings. The monoisotopic (exact) mass is 337 g/mol. The van der Waals surface area contributed by atoms with Crippen molar-refractivity contribution in [3.63, 3.8) is 0 Å². The minimum atomic E-state index is 0.425. The van der Waals surface area contributed by atoms with Crippen LogP contribution in [0.5, 0.6) is 5.75 Å². The highest BCUT2D eigenvalue weighted by molar-refractivity contribution is 5.40. The number of rotatable bonds is 4. The molecule has 4 nitrogen and oxygen atoms in total. The van der Waals surface area contributed by atoms with Gasteiger partial charge < -0.3 is 9.64 Å². The minimum absolute atomic E-state index is 0.425. The SMILES string of the molecule is COc1cccc(CN2CCC[C@@]3(CCN(c4ccccn4)C3)C2)c1. The standard InChI is InChI=1S/C21H27N3O/c1-25-19-7-4-6-18(14-19)15-23-12-5-9-21(16-23)10-13-24(17-21)20-8-2-3-11-22-20/h2-4,6-8,11,14H,5,9-10,12-13,15-17H2,1H3/t21-/m1/s1. The number of piperidine rings is 1. The van der Waals surface area contributed by atoms with Gasteiger partial charge in [-0.25, -0.2) is 4.98 Å². The summed E-state index contributed by atoms with van der Waals surface area (Å²) in [6.45, 7) is 5.67. The normalized spacial score (nSPS) is 24.0. The molecule has 0 saturated carbocycles. The average Bonchev–Trinajstić information content (AvgIpc) is 3.06. The van der Waals surface area contributed by atoms with E-state index in [9.17, 15) is 0 Å². The molecule has 0 aliphatic carbocycles. The van der Waals surface area contributed by atoms with Crippen molar-refractivity contribution in [1.82, 2.24) is 9.88 Å². The van der Waals surface area contributed by atoms with Crippen molar-refractivity contribution in [3.8, 4) is 5.75 Å². The van der Waals surface area contributed by atoms with Crippen LogP contribution >= 0.6 is 0 Å². The molecule has 25 heavy (non-hydrogen) atoms. The maximum atomic E-state index is 5.37. The van der Waals surface area contributed by atoms with Gasteiger partial charge in [0, 0.05) is 37.8 Å². The fourth-order valence-electron chi connectivity index (χ4n) is 4.48. The molecular weight excluding hydrogens is 310 g/mol. The van der Waals surface area contributed by atoms with E-state index in [1.54, 1.807) is 7.11 Å². The number of anilines is 1. The Morgan fingerprint density at radius 3 is 2.88 bits per heavy atom. The van der Waals surface area contributed by atoms with Crippen molar-refractivity contribution in [2.75, 3.05) is 38.2 Å². The number of pyridine rings is 1. The fraction of sp³-hybridized carbons (Fsp3) is 0.476. The minimum Gasteiger partial charge on any atom is -0.497 e. The number of likely N-dealkylation sites (tertiary alicyclic amines) is 1. The first-order valence-corrected chi connectivity index (χ1v) is 9.28. The lowest BCUT2D eigenvalue weighted by Gasteiger charge is -2.40. The Balaban J connectivity index is 1.42. The molecular formula is C21H27N3O. The van der Waals surface area contributed by atoms with Gasteiger partial charge in [-0.1, -0.05) is 18.2 Å². The third-order valence-corrected chi connectivity index (χ3v) is 5.69. The molecule has 3 heterocycles. The lowest BCUT2D eigenvalue weighted by atomic mass is 9.79. The molecule has 1 atom stereocenters. The molecule has 132 valence electrons. The summed E-state index contributed by atoms with van der Waals surface area (Å²) in [6, 6.07) is 14.7. The zero-order valence-corrected chi connectivity index (χ0v) is 15.0. The lowest BCUT2D eigenvalue weighted by Crippen LogP contribution is -2.44. The number of hydrogen-bond donors (Lipinski definition) is 0. The highest BCUT2D eigenvalue weighted by Crippen LogP contribution is 2.40. The van der Waals surface area contributed by atoms with E-state index in [4.69, 9.17) is 4.74 Å². The van der Waals surface area contributed by atoms with Crippen molar-refractivity contribution in [2.45, 2.75) is 25.8 Å². The summed E-state index contributed by atoms with van der Waals surface area (Å²) in [5.41, 5.74) is 1.77. The van der Waals surface area contributed by atoms with Crippen molar-refractivity contribution >= 4 is 5.82 Å². The van der Waals surface area contributed by atoms with E-state index in [0.717, 1.165) is 31.2 Å². The first-order valence-electron chi connectivity index (χ1n) is 9.28. The van der Waals surface area contributed by atoms with E-state index in [1.807, 2.05) is 18.3 Å².